The molecule has 1 fully saturated rings. The number of aliphatic hydroxyl groups excluding tert-OH is 3. The maximum Gasteiger partial charge on any atom is 0.294 e. The summed E-state index contributed by atoms with van der Waals surface area (Å²) in [5, 5.41) is 30.7. The molecule has 0 aliphatic carbocycles. The number of anilines is 1. The van der Waals surface area contributed by atoms with Gasteiger partial charge in [0, 0.05) is 0 Å². The van der Waals surface area contributed by atoms with Gasteiger partial charge >= 0.3 is 0 Å². The average molecular weight is 311 g/mol. The van der Waals surface area contributed by atoms with Crippen molar-refractivity contribution >= 4 is 16.7 Å². The van der Waals surface area contributed by atoms with Crippen molar-refractivity contribution < 1.29 is 20.1 Å². The standard InChI is InChI=1S/C11H13N5O6/c12-8-4-5(13-2-14-8)10(21)16(15-9(4)20)11-7(19)6(18)3(1-17)22-11/h2-3,6-7,11,17-19H,1H2,(H,15,20)(H2,12,13,14)/t3-,6-,7-,11-/m1/s1. The molecular weight excluding hydrogens is 298 g/mol. The maximum absolute atomic E-state index is 12.4. The van der Waals surface area contributed by atoms with Gasteiger partial charge in [0.05, 0.1) is 6.61 Å². The highest BCUT2D eigenvalue weighted by Crippen LogP contribution is 2.27. The molecular formula is C11H13N5O6. The quantitative estimate of drug-likeness (QED) is 0.379. The normalized spacial score (nSPS) is 28.3. The first-order valence-corrected chi connectivity index (χ1v) is 6.33. The minimum absolute atomic E-state index is 0.156. The summed E-state index contributed by atoms with van der Waals surface area (Å²) < 4.78 is 5.91. The number of aromatic nitrogens is 4. The van der Waals surface area contributed by atoms with Crippen LogP contribution in [0, 0.1) is 0 Å². The molecule has 11 heteroatoms. The van der Waals surface area contributed by atoms with Gasteiger partial charge in [-0.15, -0.1) is 0 Å². The molecule has 3 heterocycles. The summed E-state index contributed by atoms with van der Waals surface area (Å²) in [5.74, 6) is -0.156. The Morgan fingerprint density at radius 1 is 1.32 bits per heavy atom. The first-order valence-electron chi connectivity index (χ1n) is 6.33. The van der Waals surface area contributed by atoms with Crippen LogP contribution in [0.25, 0.3) is 10.9 Å². The predicted octanol–water partition coefficient (Wildman–Crippen LogP) is -3.33. The van der Waals surface area contributed by atoms with E-state index in [1.165, 1.54) is 0 Å². The van der Waals surface area contributed by atoms with Gasteiger partial charge < -0.3 is 25.8 Å². The highest BCUT2D eigenvalue weighted by Gasteiger charge is 2.44. The molecule has 2 aromatic rings. The molecule has 0 radical (unpaired) electrons. The third kappa shape index (κ3) is 1.99. The summed E-state index contributed by atoms with van der Waals surface area (Å²) in [7, 11) is 0. The van der Waals surface area contributed by atoms with Gasteiger partial charge in [-0.2, -0.15) is 0 Å². The maximum atomic E-state index is 12.4. The van der Waals surface area contributed by atoms with E-state index in [9.17, 15) is 19.8 Å². The van der Waals surface area contributed by atoms with Crippen molar-refractivity contribution in [2.24, 2.45) is 0 Å². The molecule has 1 aliphatic rings. The summed E-state index contributed by atoms with van der Waals surface area (Å²) in [6.07, 6.45) is -4.34. The van der Waals surface area contributed by atoms with E-state index in [1.54, 1.807) is 0 Å². The van der Waals surface area contributed by atoms with E-state index in [0.29, 0.717) is 4.68 Å². The summed E-state index contributed by atoms with van der Waals surface area (Å²) in [6.45, 7) is -0.559. The van der Waals surface area contributed by atoms with Crippen LogP contribution in [0.4, 0.5) is 5.82 Å². The fraction of sp³-hybridized carbons (Fsp3) is 0.455. The monoisotopic (exact) mass is 311 g/mol. The van der Waals surface area contributed by atoms with E-state index in [0.717, 1.165) is 6.33 Å². The van der Waals surface area contributed by atoms with Crippen molar-refractivity contribution in [3.8, 4) is 0 Å². The summed E-state index contributed by atoms with van der Waals surface area (Å²) in [5.41, 5.74) is 3.78. The molecule has 0 unspecified atom stereocenters. The minimum atomic E-state index is -1.51. The zero-order chi connectivity index (χ0) is 16.0. The van der Waals surface area contributed by atoms with E-state index in [2.05, 4.69) is 15.1 Å². The Kier molecular flexibility index (Phi) is 3.41. The van der Waals surface area contributed by atoms with Crippen LogP contribution in [0.3, 0.4) is 0 Å². The van der Waals surface area contributed by atoms with Crippen LogP contribution < -0.4 is 16.9 Å². The van der Waals surface area contributed by atoms with Crippen LogP contribution in [0.15, 0.2) is 15.9 Å². The topological polar surface area (TPSA) is 177 Å². The number of nitrogen functional groups attached to an aromatic ring is 1. The van der Waals surface area contributed by atoms with Crippen LogP contribution in [0.1, 0.15) is 6.23 Å². The molecule has 22 heavy (non-hydrogen) atoms. The Morgan fingerprint density at radius 2 is 2.05 bits per heavy atom. The number of hydrogen-bond acceptors (Lipinski definition) is 9. The molecule has 2 aromatic heterocycles. The second kappa shape index (κ2) is 5.14. The minimum Gasteiger partial charge on any atom is -0.394 e. The number of ether oxygens (including phenoxy) is 1. The highest BCUT2D eigenvalue weighted by molar-refractivity contribution is 5.85. The number of rotatable bonds is 2. The van der Waals surface area contributed by atoms with Gasteiger partial charge in [-0.25, -0.2) is 14.6 Å². The third-order valence-corrected chi connectivity index (χ3v) is 3.52. The smallest absolute Gasteiger partial charge is 0.294 e. The van der Waals surface area contributed by atoms with Crippen molar-refractivity contribution in [2.75, 3.05) is 12.3 Å². The largest absolute Gasteiger partial charge is 0.394 e. The summed E-state index contributed by atoms with van der Waals surface area (Å²) in [6, 6.07) is 0. The van der Waals surface area contributed by atoms with E-state index in [1.807, 2.05) is 0 Å². The second-order valence-electron chi connectivity index (χ2n) is 4.83. The molecule has 0 amide bonds. The Labute approximate surface area is 121 Å². The van der Waals surface area contributed by atoms with Gasteiger partial charge in [0.15, 0.2) is 6.23 Å². The molecule has 4 atom stereocenters. The number of H-pyrrole nitrogens is 1. The van der Waals surface area contributed by atoms with Crippen LogP contribution in [0.2, 0.25) is 0 Å². The van der Waals surface area contributed by atoms with Crippen LogP contribution >= 0.6 is 0 Å². The predicted molar refractivity (Wildman–Crippen MR) is 71.8 cm³/mol. The van der Waals surface area contributed by atoms with Gasteiger partial charge in [0.2, 0.25) is 0 Å². The molecule has 0 saturated carbocycles. The zero-order valence-corrected chi connectivity index (χ0v) is 11.1. The zero-order valence-electron chi connectivity index (χ0n) is 11.1. The Balaban J connectivity index is 2.20. The van der Waals surface area contributed by atoms with Gasteiger partial charge in [0.25, 0.3) is 11.1 Å². The van der Waals surface area contributed by atoms with E-state index in [-0.39, 0.29) is 16.7 Å². The van der Waals surface area contributed by atoms with Crippen molar-refractivity contribution in [2.45, 2.75) is 24.5 Å². The lowest BCUT2D eigenvalue weighted by Crippen LogP contribution is -2.39. The molecule has 1 saturated heterocycles. The molecule has 11 nitrogen and oxygen atoms in total. The lowest BCUT2D eigenvalue weighted by atomic mass is 10.1. The van der Waals surface area contributed by atoms with Gasteiger partial charge in [-0.3, -0.25) is 14.7 Å². The van der Waals surface area contributed by atoms with Gasteiger partial charge in [-0.05, 0) is 0 Å². The molecule has 118 valence electrons. The van der Waals surface area contributed by atoms with Gasteiger partial charge in [0.1, 0.15) is 41.4 Å². The van der Waals surface area contributed by atoms with Crippen molar-refractivity contribution in [3.05, 3.63) is 27.0 Å². The number of nitrogens with two attached hydrogens (primary N) is 1. The molecule has 3 rings (SSSR count). The summed E-state index contributed by atoms with van der Waals surface area (Å²) in [4.78, 5) is 31.8. The van der Waals surface area contributed by atoms with E-state index < -0.39 is 42.3 Å². The number of aromatic amines is 1. The van der Waals surface area contributed by atoms with E-state index >= 15 is 0 Å². The van der Waals surface area contributed by atoms with Crippen LogP contribution in [0.5, 0.6) is 0 Å². The fourth-order valence-electron chi connectivity index (χ4n) is 2.39. The van der Waals surface area contributed by atoms with Crippen molar-refractivity contribution in [1.82, 2.24) is 19.7 Å². The fourth-order valence-corrected chi connectivity index (χ4v) is 2.39. The Bertz CT molecular complexity index is 832. The Hall–Kier alpha value is -2.34. The number of nitrogens with one attached hydrogen (secondary N) is 1. The molecule has 0 bridgehead atoms. The number of fused-ring (bicyclic) bond motifs is 1. The molecule has 1 aliphatic heterocycles. The Morgan fingerprint density at radius 3 is 2.68 bits per heavy atom. The number of nitrogens with zero attached hydrogens (tertiary/aromatic N) is 3. The molecule has 0 spiro atoms. The van der Waals surface area contributed by atoms with E-state index in [4.69, 9.17) is 15.6 Å². The molecule has 0 aromatic carbocycles. The third-order valence-electron chi connectivity index (χ3n) is 3.52. The second-order valence-corrected chi connectivity index (χ2v) is 4.83. The molecule has 6 N–H and O–H groups in total. The number of hydrogen-bond donors (Lipinski definition) is 5. The van der Waals surface area contributed by atoms with Gasteiger partial charge in [-0.1, -0.05) is 0 Å². The van der Waals surface area contributed by atoms with Crippen molar-refractivity contribution in [3.63, 3.8) is 0 Å². The SMILES string of the molecule is Nc1ncnc2c(=O)n([C@@H]3O[C@H](CO)[C@@H](O)[C@H]3O)[nH]c(=O)c12. The summed E-state index contributed by atoms with van der Waals surface area (Å²) >= 11 is 0. The average Bonchev–Trinajstić information content (AvgIpc) is 2.78. The lowest BCUT2D eigenvalue weighted by Gasteiger charge is -2.17. The van der Waals surface area contributed by atoms with Crippen molar-refractivity contribution in [1.29, 1.82) is 0 Å². The number of aliphatic hydroxyl groups is 3. The van der Waals surface area contributed by atoms with Crippen LogP contribution in [-0.2, 0) is 4.74 Å². The first kappa shape index (κ1) is 14.6. The van der Waals surface area contributed by atoms with Crippen LogP contribution in [-0.4, -0.2) is 60.0 Å². The highest BCUT2D eigenvalue weighted by atomic mass is 16.6. The first-order chi connectivity index (χ1) is 10.5. The lowest BCUT2D eigenvalue weighted by molar-refractivity contribution is -0.0610.